The molecule has 1 heterocycles. The molecule has 0 unspecified atom stereocenters. The first-order chi connectivity index (χ1) is 8.99. The lowest BCUT2D eigenvalue weighted by atomic mass is 10.1. The van der Waals surface area contributed by atoms with E-state index in [1.54, 1.807) is 31.0 Å². The van der Waals surface area contributed by atoms with Crippen molar-refractivity contribution in [1.29, 1.82) is 0 Å². The second kappa shape index (κ2) is 5.90. The van der Waals surface area contributed by atoms with Crippen LogP contribution in [0.3, 0.4) is 0 Å². The Balaban J connectivity index is 2.30. The maximum absolute atomic E-state index is 14.0. The Morgan fingerprint density at radius 3 is 2.68 bits per heavy atom. The fourth-order valence-electron chi connectivity index (χ4n) is 2.02. The van der Waals surface area contributed by atoms with E-state index >= 15 is 0 Å². The van der Waals surface area contributed by atoms with Gasteiger partial charge in [0.15, 0.2) is 0 Å². The minimum Gasteiger partial charge on any atom is -0.389 e. The van der Waals surface area contributed by atoms with Crippen LogP contribution in [0.4, 0.5) is 10.1 Å². The van der Waals surface area contributed by atoms with Gasteiger partial charge < -0.3 is 10.0 Å². The molecule has 1 aromatic heterocycles. The Morgan fingerprint density at radius 2 is 2.11 bits per heavy atom. The Bertz CT molecular complexity index is 570. The standard InChI is InChI=1S/C14H15ClFNOS/c1-9(18)11-4-3-5-12(16)14(11)17(2)8-10-6-7-13(15)19-10/h3-7,9,18H,8H2,1-2H3/t9-/m0/s1. The van der Waals surface area contributed by atoms with Crippen LogP contribution in [0.15, 0.2) is 30.3 Å². The molecule has 0 aliphatic carbocycles. The zero-order chi connectivity index (χ0) is 14.0. The predicted molar refractivity (Wildman–Crippen MR) is 78.5 cm³/mol. The number of hydrogen-bond acceptors (Lipinski definition) is 3. The number of thiophene rings is 1. The molecule has 1 N–H and O–H groups in total. The van der Waals surface area contributed by atoms with Gasteiger partial charge in [-0.15, -0.1) is 11.3 Å². The fourth-order valence-corrected chi connectivity index (χ4v) is 3.16. The summed E-state index contributed by atoms with van der Waals surface area (Å²) in [7, 11) is 1.80. The summed E-state index contributed by atoms with van der Waals surface area (Å²) in [6.45, 7) is 2.19. The van der Waals surface area contributed by atoms with Crippen molar-refractivity contribution in [3.05, 3.63) is 50.9 Å². The first-order valence-corrected chi connectivity index (χ1v) is 7.10. The smallest absolute Gasteiger partial charge is 0.146 e. The number of aliphatic hydroxyl groups is 1. The van der Waals surface area contributed by atoms with Gasteiger partial charge in [0, 0.05) is 17.5 Å². The maximum Gasteiger partial charge on any atom is 0.146 e. The summed E-state index contributed by atoms with van der Waals surface area (Å²) in [5, 5.41) is 9.74. The van der Waals surface area contributed by atoms with Gasteiger partial charge in [0.2, 0.25) is 0 Å². The third-order valence-electron chi connectivity index (χ3n) is 2.87. The van der Waals surface area contributed by atoms with Crippen LogP contribution in [0.5, 0.6) is 0 Å². The average molecular weight is 300 g/mol. The molecule has 0 bridgehead atoms. The minimum absolute atomic E-state index is 0.330. The molecule has 2 rings (SSSR count). The number of anilines is 1. The molecule has 0 aliphatic rings. The van der Waals surface area contributed by atoms with Crippen molar-refractivity contribution in [2.75, 3.05) is 11.9 Å². The number of rotatable bonds is 4. The highest BCUT2D eigenvalue weighted by molar-refractivity contribution is 7.16. The molecule has 1 aromatic carbocycles. The third-order valence-corrected chi connectivity index (χ3v) is 4.09. The molecule has 0 saturated heterocycles. The molecule has 0 radical (unpaired) electrons. The lowest BCUT2D eigenvalue weighted by Crippen LogP contribution is -2.19. The van der Waals surface area contributed by atoms with Gasteiger partial charge >= 0.3 is 0 Å². The molecular formula is C14H15ClFNOS. The van der Waals surface area contributed by atoms with E-state index in [1.165, 1.54) is 17.4 Å². The Labute approximate surface area is 121 Å². The first-order valence-electron chi connectivity index (χ1n) is 5.91. The summed E-state index contributed by atoms with van der Waals surface area (Å²) in [4.78, 5) is 2.84. The number of benzene rings is 1. The number of nitrogens with zero attached hydrogens (tertiary/aromatic N) is 1. The SMILES string of the molecule is C[C@H](O)c1cccc(F)c1N(C)Cc1ccc(Cl)s1. The first kappa shape index (κ1) is 14.3. The molecule has 2 nitrogen and oxygen atoms in total. The molecule has 0 fully saturated rings. The molecule has 102 valence electrons. The van der Waals surface area contributed by atoms with Crippen molar-refractivity contribution in [2.24, 2.45) is 0 Å². The molecule has 0 spiro atoms. The zero-order valence-corrected chi connectivity index (χ0v) is 12.3. The Morgan fingerprint density at radius 1 is 1.37 bits per heavy atom. The normalized spacial score (nSPS) is 12.5. The van der Waals surface area contributed by atoms with E-state index < -0.39 is 6.10 Å². The van der Waals surface area contributed by atoms with Crippen molar-refractivity contribution in [2.45, 2.75) is 19.6 Å². The van der Waals surface area contributed by atoms with Gasteiger partial charge in [-0.2, -0.15) is 0 Å². The summed E-state index contributed by atoms with van der Waals surface area (Å²) in [5.74, 6) is -0.330. The van der Waals surface area contributed by atoms with Crippen LogP contribution in [0.2, 0.25) is 4.34 Å². The van der Waals surface area contributed by atoms with E-state index in [9.17, 15) is 9.50 Å². The van der Waals surface area contributed by atoms with Crippen molar-refractivity contribution in [3.63, 3.8) is 0 Å². The fraction of sp³-hybridized carbons (Fsp3) is 0.286. The lowest BCUT2D eigenvalue weighted by molar-refractivity contribution is 0.199. The molecule has 0 saturated carbocycles. The molecule has 19 heavy (non-hydrogen) atoms. The third kappa shape index (κ3) is 3.26. The summed E-state index contributed by atoms with van der Waals surface area (Å²) >= 11 is 7.36. The van der Waals surface area contributed by atoms with Gasteiger partial charge in [-0.25, -0.2) is 4.39 Å². The van der Waals surface area contributed by atoms with Crippen LogP contribution in [0.1, 0.15) is 23.5 Å². The largest absolute Gasteiger partial charge is 0.389 e. The molecule has 1 atom stereocenters. The minimum atomic E-state index is -0.708. The van der Waals surface area contributed by atoms with Crippen molar-refractivity contribution in [1.82, 2.24) is 0 Å². The second-order valence-electron chi connectivity index (χ2n) is 4.42. The lowest BCUT2D eigenvalue weighted by Gasteiger charge is -2.23. The van der Waals surface area contributed by atoms with Crippen LogP contribution in [0, 0.1) is 5.82 Å². The highest BCUT2D eigenvalue weighted by Gasteiger charge is 2.16. The number of aliphatic hydroxyl groups excluding tert-OH is 1. The second-order valence-corrected chi connectivity index (χ2v) is 6.22. The summed E-state index contributed by atoms with van der Waals surface area (Å²) in [5.41, 5.74) is 1.02. The monoisotopic (exact) mass is 299 g/mol. The molecular weight excluding hydrogens is 285 g/mol. The van der Waals surface area contributed by atoms with E-state index in [0.717, 1.165) is 4.88 Å². The van der Waals surface area contributed by atoms with Crippen LogP contribution < -0.4 is 4.90 Å². The highest BCUT2D eigenvalue weighted by atomic mass is 35.5. The van der Waals surface area contributed by atoms with Gasteiger partial charge in [0.05, 0.1) is 22.7 Å². The van der Waals surface area contributed by atoms with E-state index in [4.69, 9.17) is 11.6 Å². The van der Waals surface area contributed by atoms with Gasteiger partial charge in [-0.1, -0.05) is 23.7 Å². The Hall–Kier alpha value is -1.10. The predicted octanol–water partition coefficient (Wildman–Crippen LogP) is 4.23. The summed E-state index contributed by atoms with van der Waals surface area (Å²) in [6.07, 6.45) is -0.708. The van der Waals surface area contributed by atoms with E-state index in [-0.39, 0.29) is 5.82 Å². The topological polar surface area (TPSA) is 23.5 Å². The number of halogens is 2. The molecule has 5 heteroatoms. The van der Waals surface area contributed by atoms with Gasteiger partial charge in [-0.3, -0.25) is 0 Å². The van der Waals surface area contributed by atoms with Gasteiger partial charge in [-0.05, 0) is 25.1 Å². The van der Waals surface area contributed by atoms with Crippen molar-refractivity contribution < 1.29 is 9.50 Å². The summed E-state index contributed by atoms with van der Waals surface area (Å²) in [6, 6.07) is 8.50. The number of para-hydroxylation sites is 1. The summed E-state index contributed by atoms with van der Waals surface area (Å²) < 4.78 is 14.7. The van der Waals surface area contributed by atoms with Crippen LogP contribution in [0.25, 0.3) is 0 Å². The van der Waals surface area contributed by atoms with Crippen LogP contribution in [-0.4, -0.2) is 12.2 Å². The van der Waals surface area contributed by atoms with Gasteiger partial charge in [0.25, 0.3) is 0 Å². The molecule has 0 aliphatic heterocycles. The zero-order valence-electron chi connectivity index (χ0n) is 10.7. The maximum atomic E-state index is 14.0. The highest BCUT2D eigenvalue weighted by Crippen LogP contribution is 2.31. The van der Waals surface area contributed by atoms with Crippen molar-refractivity contribution >= 4 is 28.6 Å². The Kier molecular flexibility index (Phi) is 4.45. The molecule has 0 amide bonds. The van der Waals surface area contributed by atoms with E-state index in [2.05, 4.69) is 0 Å². The van der Waals surface area contributed by atoms with Gasteiger partial charge in [0.1, 0.15) is 5.82 Å². The average Bonchev–Trinajstić information content (AvgIpc) is 2.74. The van der Waals surface area contributed by atoms with E-state index in [0.29, 0.717) is 22.1 Å². The quantitative estimate of drug-likeness (QED) is 0.913. The van der Waals surface area contributed by atoms with Crippen molar-refractivity contribution in [3.8, 4) is 0 Å². The van der Waals surface area contributed by atoms with Crippen LogP contribution >= 0.6 is 22.9 Å². The number of hydrogen-bond donors (Lipinski definition) is 1. The van der Waals surface area contributed by atoms with Crippen LogP contribution in [-0.2, 0) is 6.54 Å². The van der Waals surface area contributed by atoms with E-state index in [1.807, 2.05) is 12.1 Å². The molecule has 2 aromatic rings.